The van der Waals surface area contributed by atoms with Crippen LogP contribution in [0.1, 0.15) is 22.8 Å². The molecule has 32 heavy (non-hydrogen) atoms. The maximum atomic E-state index is 13.1. The number of hydrogen-bond donors (Lipinski definition) is 1. The van der Waals surface area contributed by atoms with Crippen LogP contribution in [0.15, 0.2) is 71.6 Å². The van der Waals surface area contributed by atoms with E-state index in [1.54, 1.807) is 31.2 Å². The maximum Gasteiger partial charge on any atom is 0.416 e. The minimum Gasteiger partial charge on any atom is -0.454 e. The van der Waals surface area contributed by atoms with Gasteiger partial charge in [0.05, 0.1) is 21.7 Å². The summed E-state index contributed by atoms with van der Waals surface area (Å²) in [4.78, 5) is 14.3. The minimum atomic E-state index is -4.57. The summed E-state index contributed by atoms with van der Waals surface area (Å²) in [6, 6.07) is 14.4. The zero-order valence-electron chi connectivity index (χ0n) is 16.7. The summed E-state index contributed by atoms with van der Waals surface area (Å²) in [6.07, 6.45) is -4.57. The summed E-state index contributed by atoms with van der Waals surface area (Å²) < 4.78 is 71.7. The molecule has 6 nitrogen and oxygen atoms in total. The number of amides is 1. The van der Waals surface area contributed by atoms with Crippen molar-refractivity contribution >= 4 is 27.3 Å². The van der Waals surface area contributed by atoms with Gasteiger partial charge in [0.15, 0.2) is 5.75 Å². The van der Waals surface area contributed by atoms with E-state index in [1.807, 2.05) is 0 Å². The third-order valence-corrected chi connectivity index (χ3v) is 6.29. The van der Waals surface area contributed by atoms with Gasteiger partial charge in [0, 0.05) is 12.2 Å². The molecule has 1 N–H and O–H groups in total. The molecule has 0 saturated carbocycles. The molecule has 0 spiro atoms. The number of alkyl halides is 3. The van der Waals surface area contributed by atoms with Gasteiger partial charge in [0.2, 0.25) is 0 Å². The topological polar surface area (TPSA) is 75.7 Å². The number of hydrogen-bond acceptors (Lipinski definition) is 4. The number of rotatable bonds is 4. The number of benzene rings is 3. The Bertz CT molecular complexity index is 1290. The van der Waals surface area contributed by atoms with Crippen molar-refractivity contribution in [2.24, 2.45) is 0 Å². The molecule has 0 atom stereocenters. The molecule has 4 rings (SSSR count). The molecule has 1 aliphatic rings. The lowest BCUT2D eigenvalue weighted by molar-refractivity contribution is -0.137. The summed E-state index contributed by atoms with van der Waals surface area (Å²) in [5.41, 5.74) is -0.148. The van der Waals surface area contributed by atoms with E-state index in [0.717, 1.165) is 12.1 Å². The van der Waals surface area contributed by atoms with E-state index in [1.165, 1.54) is 23.1 Å². The highest BCUT2D eigenvalue weighted by Crippen LogP contribution is 2.39. The third-order valence-electron chi connectivity index (χ3n) is 4.89. The highest BCUT2D eigenvalue weighted by molar-refractivity contribution is 7.92. The molecular weight excluding hydrogens is 445 g/mol. The Kier molecular flexibility index (Phi) is 5.33. The molecule has 0 bridgehead atoms. The monoisotopic (exact) mass is 462 g/mol. The van der Waals surface area contributed by atoms with Crippen LogP contribution in [0.4, 0.5) is 24.5 Å². The third kappa shape index (κ3) is 4.01. The first-order valence-electron chi connectivity index (χ1n) is 9.53. The van der Waals surface area contributed by atoms with Crippen molar-refractivity contribution < 1.29 is 31.1 Å². The largest absolute Gasteiger partial charge is 0.454 e. The van der Waals surface area contributed by atoms with Crippen LogP contribution in [0.2, 0.25) is 0 Å². The number of para-hydroxylation sites is 2. The molecule has 166 valence electrons. The Hall–Kier alpha value is -3.53. The summed E-state index contributed by atoms with van der Waals surface area (Å²) in [6.45, 7) is 2.16. The van der Waals surface area contributed by atoms with Crippen molar-refractivity contribution in [3.05, 3.63) is 77.9 Å². The summed E-state index contributed by atoms with van der Waals surface area (Å²) in [5, 5.41) is 0. The van der Waals surface area contributed by atoms with Crippen LogP contribution in [0.5, 0.6) is 11.5 Å². The average Bonchev–Trinajstić information content (AvgIpc) is 2.86. The van der Waals surface area contributed by atoms with Gasteiger partial charge in [0.25, 0.3) is 15.9 Å². The van der Waals surface area contributed by atoms with E-state index < -0.39 is 21.8 Å². The summed E-state index contributed by atoms with van der Waals surface area (Å²) in [5.74, 6) is 0.374. The first-order valence-corrected chi connectivity index (χ1v) is 11.0. The van der Waals surface area contributed by atoms with Crippen LogP contribution in [0.3, 0.4) is 0 Å². The van der Waals surface area contributed by atoms with E-state index in [9.17, 15) is 26.4 Å². The zero-order valence-corrected chi connectivity index (χ0v) is 17.5. The number of anilines is 2. The number of fused-ring (bicyclic) bond motifs is 2. The van der Waals surface area contributed by atoms with Gasteiger partial charge in [-0.15, -0.1) is 0 Å². The predicted octanol–water partition coefficient (Wildman–Crippen LogP) is 5.28. The molecule has 0 fully saturated rings. The molecule has 0 radical (unpaired) electrons. The molecule has 1 aliphatic heterocycles. The fraction of sp³-hybridized carbons (Fsp3) is 0.136. The van der Waals surface area contributed by atoms with Crippen LogP contribution in [-0.4, -0.2) is 20.9 Å². The zero-order chi connectivity index (χ0) is 23.1. The second-order valence-electron chi connectivity index (χ2n) is 6.96. The normalized spacial score (nSPS) is 13.6. The highest BCUT2D eigenvalue weighted by Gasteiger charge is 2.31. The SMILES string of the molecule is CCN1C(=O)c2cc(NS(=O)(=O)c3ccc(C(F)(F)F)cc3)ccc2Oc2ccccc21. The van der Waals surface area contributed by atoms with Crippen LogP contribution < -0.4 is 14.4 Å². The summed E-state index contributed by atoms with van der Waals surface area (Å²) >= 11 is 0. The van der Waals surface area contributed by atoms with Crippen molar-refractivity contribution in [2.75, 3.05) is 16.2 Å². The Labute approximate surface area is 182 Å². The molecule has 3 aromatic rings. The smallest absolute Gasteiger partial charge is 0.416 e. The Morgan fingerprint density at radius 3 is 2.31 bits per heavy atom. The average molecular weight is 462 g/mol. The van der Waals surface area contributed by atoms with Gasteiger partial charge in [-0.1, -0.05) is 12.1 Å². The van der Waals surface area contributed by atoms with E-state index in [0.29, 0.717) is 30.1 Å². The van der Waals surface area contributed by atoms with Crippen molar-refractivity contribution in [3.63, 3.8) is 0 Å². The number of carbonyl (C=O) groups is 1. The fourth-order valence-electron chi connectivity index (χ4n) is 3.34. The molecule has 1 heterocycles. The second-order valence-corrected chi connectivity index (χ2v) is 8.64. The number of sulfonamides is 1. The van der Waals surface area contributed by atoms with Gasteiger partial charge in [-0.3, -0.25) is 9.52 Å². The van der Waals surface area contributed by atoms with E-state index in [-0.39, 0.29) is 27.8 Å². The van der Waals surface area contributed by atoms with Crippen LogP contribution in [-0.2, 0) is 16.2 Å². The molecule has 0 unspecified atom stereocenters. The summed E-state index contributed by atoms with van der Waals surface area (Å²) in [7, 11) is -4.18. The maximum absolute atomic E-state index is 13.1. The molecule has 1 amide bonds. The number of ether oxygens (including phenoxy) is 1. The van der Waals surface area contributed by atoms with Gasteiger partial charge >= 0.3 is 6.18 Å². The van der Waals surface area contributed by atoms with Gasteiger partial charge in [0.1, 0.15) is 5.75 Å². The van der Waals surface area contributed by atoms with Crippen LogP contribution in [0.25, 0.3) is 0 Å². The molecule has 0 aromatic heterocycles. The predicted molar refractivity (Wildman–Crippen MR) is 113 cm³/mol. The quantitative estimate of drug-likeness (QED) is 0.573. The van der Waals surface area contributed by atoms with Gasteiger partial charge in [-0.2, -0.15) is 13.2 Å². The second kappa shape index (κ2) is 7.86. The minimum absolute atomic E-state index is 0.0719. The first-order chi connectivity index (χ1) is 15.1. The first kappa shape index (κ1) is 21.7. The Morgan fingerprint density at radius 2 is 1.66 bits per heavy atom. The van der Waals surface area contributed by atoms with E-state index in [4.69, 9.17) is 4.74 Å². The number of carbonyl (C=O) groups excluding carboxylic acids is 1. The van der Waals surface area contributed by atoms with Crippen LogP contribution >= 0.6 is 0 Å². The Balaban J connectivity index is 1.66. The van der Waals surface area contributed by atoms with Crippen molar-refractivity contribution in [1.29, 1.82) is 0 Å². The van der Waals surface area contributed by atoms with Crippen molar-refractivity contribution in [2.45, 2.75) is 18.0 Å². The molecular formula is C22H17F3N2O4S. The molecule has 0 aliphatic carbocycles. The molecule has 10 heteroatoms. The van der Waals surface area contributed by atoms with E-state index in [2.05, 4.69) is 4.72 Å². The van der Waals surface area contributed by atoms with Gasteiger partial charge in [-0.05, 0) is 61.5 Å². The number of nitrogens with zero attached hydrogens (tertiary/aromatic N) is 1. The van der Waals surface area contributed by atoms with Crippen LogP contribution in [0, 0.1) is 0 Å². The molecule has 3 aromatic carbocycles. The van der Waals surface area contributed by atoms with Gasteiger partial charge in [-0.25, -0.2) is 8.42 Å². The highest BCUT2D eigenvalue weighted by atomic mass is 32.2. The number of halogens is 3. The lowest BCUT2D eigenvalue weighted by Crippen LogP contribution is -2.29. The van der Waals surface area contributed by atoms with E-state index >= 15 is 0 Å². The standard InChI is InChI=1S/C22H17F3N2O4S/c1-2-27-18-5-3-4-6-20(18)31-19-12-9-15(13-17(19)21(27)28)26-32(29,30)16-10-7-14(8-11-16)22(23,24)25/h3-13,26H,2H2,1H3. The van der Waals surface area contributed by atoms with Crippen molar-refractivity contribution in [1.82, 2.24) is 0 Å². The van der Waals surface area contributed by atoms with Crippen molar-refractivity contribution in [3.8, 4) is 11.5 Å². The lowest BCUT2D eigenvalue weighted by atomic mass is 10.1. The molecule has 0 saturated heterocycles. The van der Waals surface area contributed by atoms with Gasteiger partial charge < -0.3 is 9.64 Å². The lowest BCUT2D eigenvalue weighted by Gasteiger charge is -2.20. The number of nitrogens with one attached hydrogen (secondary N) is 1. The Morgan fingerprint density at radius 1 is 0.969 bits per heavy atom. The fourth-order valence-corrected chi connectivity index (χ4v) is 4.39.